The number of nitrogens with one attached hydrogen (secondary N) is 2. The summed E-state index contributed by atoms with van der Waals surface area (Å²) in [7, 11) is 1.49. The number of hydrazone groups is 1. The van der Waals surface area contributed by atoms with Crippen molar-refractivity contribution in [2.45, 2.75) is 26.2 Å². The second-order valence-electron chi connectivity index (χ2n) is 5.98. The lowest BCUT2D eigenvalue weighted by Crippen LogP contribution is -2.24. The highest BCUT2D eigenvalue weighted by Crippen LogP contribution is 2.33. The van der Waals surface area contributed by atoms with Gasteiger partial charge in [-0.15, -0.1) is 0 Å². The van der Waals surface area contributed by atoms with Gasteiger partial charge in [0.1, 0.15) is 5.69 Å². The van der Waals surface area contributed by atoms with Crippen LogP contribution in [-0.2, 0) is 5.41 Å². The average Bonchev–Trinajstić information content (AvgIpc) is 2.45. The molecule has 2 N–H and O–H groups in total. The molecule has 1 heterocycles. The van der Waals surface area contributed by atoms with Crippen LogP contribution in [0.2, 0.25) is 10.0 Å². The molecule has 0 atom stereocenters. The molecule has 128 valence electrons. The number of methoxy groups -OCH3 is 1. The molecule has 0 saturated carbocycles. The van der Waals surface area contributed by atoms with E-state index in [1.54, 1.807) is 12.1 Å². The Morgan fingerprint density at radius 1 is 1.29 bits per heavy atom. The summed E-state index contributed by atoms with van der Waals surface area (Å²) in [6, 6.07) is 3.32. The van der Waals surface area contributed by atoms with Crippen molar-refractivity contribution in [2.24, 2.45) is 5.10 Å². The van der Waals surface area contributed by atoms with Gasteiger partial charge < -0.3 is 4.74 Å². The molecule has 0 amide bonds. The van der Waals surface area contributed by atoms with Gasteiger partial charge in [0.15, 0.2) is 11.6 Å². The molecule has 0 fully saturated rings. The molecule has 0 spiro atoms. The van der Waals surface area contributed by atoms with Crippen LogP contribution >= 0.6 is 23.2 Å². The number of H-pyrrole nitrogens is 1. The quantitative estimate of drug-likeness (QED) is 0.637. The van der Waals surface area contributed by atoms with E-state index in [0.717, 1.165) is 0 Å². The fourth-order valence-electron chi connectivity index (χ4n) is 1.95. The van der Waals surface area contributed by atoms with Gasteiger partial charge in [-0.05, 0) is 17.7 Å². The minimum absolute atomic E-state index is 0.285. The predicted octanol–water partition coefficient (Wildman–Crippen LogP) is 3.22. The van der Waals surface area contributed by atoms with E-state index < -0.39 is 5.69 Å². The molecular weight excluding hydrogens is 353 g/mol. The lowest BCUT2D eigenvalue weighted by atomic mass is 9.92. The van der Waals surface area contributed by atoms with E-state index in [4.69, 9.17) is 27.9 Å². The maximum Gasteiger partial charge on any atom is 0.363 e. The van der Waals surface area contributed by atoms with E-state index in [0.29, 0.717) is 27.1 Å². The molecule has 0 aliphatic rings. The molecule has 0 bridgehead atoms. The molecule has 2 rings (SSSR count). The topological polar surface area (TPSA) is 92.3 Å². The van der Waals surface area contributed by atoms with E-state index >= 15 is 0 Å². The van der Waals surface area contributed by atoms with E-state index in [9.17, 15) is 4.79 Å². The number of ether oxygens (including phenoxy) is 1. The first-order valence-corrected chi connectivity index (χ1v) is 7.77. The number of aromatic amines is 1. The molecule has 0 radical (unpaired) electrons. The third-order valence-corrected chi connectivity index (χ3v) is 3.58. The summed E-state index contributed by atoms with van der Waals surface area (Å²) >= 11 is 12.2. The molecule has 0 unspecified atom stereocenters. The van der Waals surface area contributed by atoms with Crippen molar-refractivity contribution < 1.29 is 4.74 Å². The summed E-state index contributed by atoms with van der Waals surface area (Å²) in [6.07, 6.45) is 1.51. The Balaban J connectivity index is 2.27. The van der Waals surface area contributed by atoms with Crippen LogP contribution in [-0.4, -0.2) is 28.5 Å². The number of rotatable bonds is 4. The number of halogens is 2. The number of hydrogen-bond donors (Lipinski definition) is 2. The second-order valence-corrected chi connectivity index (χ2v) is 6.79. The number of benzene rings is 1. The van der Waals surface area contributed by atoms with Crippen molar-refractivity contribution in [2.75, 3.05) is 12.5 Å². The molecular formula is C15H17Cl2N5O2. The van der Waals surface area contributed by atoms with Gasteiger partial charge in [-0.1, -0.05) is 44.0 Å². The summed E-state index contributed by atoms with van der Waals surface area (Å²) < 4.78 is 5.09. The molecule has 9 heteroatoms. The first-order valence-electron chi connectivity index (χ1n) is 7.01. The Kier molecular flexibility index (Phi) is 5.46. The summed E-state index contributed by atoms with van der Waals surface area (Å²) in [6.45, 7) is 5.85. The molecule has 1 aromatic carbocycles. The zero-order valence-electron chi connectivity index (χ0n) is 13.6. The maximum atomic E-state index is 11.4. The monoisotopic (exact) mass is 369 g/mol. The Morgan fingerprint density at radius 2 is 1.92 bits per heavy atom. The molecule has 0 aliphatic heterocycles. The second kappa shape index (κ2) is 7.19. The van der Waals surface area contributed by atoms with Gasteiger partial charge in [-0.25, -0.2) is 9.89 Å². The van der Waals surface area contributed by atoms with Crippen molar-refractivity contribution in [3.63, 3.8) is 0 Å². The number of hydrogen-bond acceptors (Lipinski definition) is 6. The summed E-state index contributed by atoms with van der Waals surface area (Å²) in [4.78, 5) is 15.3. The van der Waals surface area contributed by atoms with E-state index in [1.807, 2.05) is 20.8 Å². The number of nitrogens with zero attached hydrogens (tertiary/aromatic N) is 3. The first kappa shape index (κ1) is 18.2. The normalized spacial score (nSPS) is 11.8. The van der Waals surface area contributed by atoms with Crippen molar-refractivity contribution in [1.29, 1.82) is 0 Å². The van der Waals surface area contributed by atoms with Crippen molar-refractivity contribution in [3.05, 3.63) is 43.9 Å². The van der Waals surface area contributed by atoms with E-state index in [1.165, 1.54) is 13.3 Å². The number of anilines is 1. The van der Waals surface area contributed by atoms with Crippen molar-refractivity contribution in [3.8, 4) is 5.75 Å². The van der Waals surface area contributed by atoms with Crippen molar-refractivity contribution in [1.82, 2.24) is 15.2 Å². The Labute approximate surface area is 149 Å². The standard InChI is InChI=1S/C15H17Cl2N5O2/c1-15(2,3)12-13(19-14(23)22-20-12)21-18-7-8-5-9(16)11(24-4)10(17)6-8/h5-7H,1-4H3,(H2,19,21,22,23)/b18-7+. The van der Waals surface area contributed by atoms with Gasteiger partial charge in [0.05, 0.1) is 23.4 Å². The molecule has 2 aromatic rings. The van der Waals surface area contributed by atoms with Gasteiger partial charge in [0, 0.05) is 5.41 Å². The van der Waals surface area contributed by atoms with Crippen LogP contribution in [0.3, 0.4) is 0 Å². The van der Waals surface area contributed by atoms with Gasteiger partial charge in [0.25, 0.3) is 0 Å². The summed E-state index contributed by atoms with van der Waals surface area (Å²) in [5.74, 6) is 0.687. The van der Waals surface area contributed by atoms with E-state index in [-0.39, 0.29) is 11.2 Å². The van der Waals surface area contributed by atoms with Gasteiger partial charge in [-0.2, -0.15) is 15.2 Å². The molecule has 0 saturated heterocycles. The molecule has 7 nitrogen and oxygen atoms in total. The highest BCUT2D eigenvalue weighted by atomic mass is 35.5. The van der Waals surface area contributed by atoms with Gasteiger partial charge in [0.2, 0.25) is 0 Å². The maximum absolute atomic E-state index is 11.4. The molecule has 24 heavy (non-hydrogen) atoms. The molecule has 0 aliphatic carbocycles. The Bertz CT molecular complexity index is 804. The molecule has 1 aromatic heterocycles. The van der Waals surface area contributed by atoms with Crippen LogP contribution in [0.15, 0.2) is 22.0 Å². The smallest absolute Gasteiger partial charge is 0.363 e. The first-order chi connectivity index (χ1) is 11.2. The lowest BCUT2D eigenvalue weighted by molar-refractivity contribution is 0.415. The lowest BCUT2D eigenvalue weighted by Gasteiger charge is -2.18. The fraction of sp³-hybridized carbons (Fsp3) is 0.333. The van der Waals surface area contributed by atoms with Crippen LogP contribution in [0.5, 0.6) is 5.75 Å². The summed E-state index contributed by atoms with van der Waals surface area (Å²) in [5.41, 5.74) is 3.11. The minimum Gasteiger partial charge on any atom is -0.494 e. The number of aromatic nitrogens is 3. The predicted molar refractivity (Wildman–Crippen MR) is 95.6 cm³/mol. The third kappa shape index (κ3) is 4.24. The van der Waals surface area contributed by atoms with Crippen LogP contribution in [0.1, 0.15) is 32.0 Å². The fourth-order valence-corrected chi connectivity index (χ4v) is 2.61. The van der Waals surface area contributed by atoms with Gasteiger partial charge in [-0.3, -0.25) is 5.43 Å². The average molecular weight is 370 g/mol. The van der Waals surface area contributed by atoms with Crippen LogP contribution in [0.25, 0.3) is 0 Å². The largest absolute Gasteiger partial charge is 0.494 e. The van der Waals surface area contributed by atoms with Crippen molar-refractivity contribution >= 4 is 35.2 Å². The Morgan fingerprint density at radius 3 is 2.46 bits per heavy atom. The highest BCUT2D eigenvalue weighted by molar-refractivity contribution is 6.37. The zero-order valence-corrected chi connectivity index (χ0v) is 15.2. The van der Waals surface area contributed by atoms with Crippen LogP contribution < -0.4 is 15.9 Å². The third-order valence-electron chi connectivity index (χ3n) is 3.02. The minimum atomic E-state index is -0.559. The SMILES string of the molecule is COc1c(Cl)cc(/C=N/Nc2nc(=O)[nH]nc2C(C)(C)C)cc1Cl. The highest BCUT2D eigenvalue weighted by Gasteiger charge is 2.21. The zero-order chi connectivity index (χ0) is 17.9. The van der Waals surface area contributed by atoms with Crippen LogP contribution in [0.4, 0.5) is 5.82 Å². The summed E-state index contributed by atoms with van der Waals surface area (Å²) in [5, 5.41) is 11.2. The Hall–Kier alpha value is -2.12. The van der Waals surface area contributed by atoms with Gasteiger partial charge >= 0.3 is 5.69 Å². The van der Waals surface area contributed by atoms with E-state index in [2.05, 4.69) is 25.7 Å². The van der Waals surface area contributed by atoms with Crippen LogP contribution in [0, 0.1) is 0 Å².